The van der Waals surface area contributed by atoms with Gasteiger partial charge in [0.1, 0.15) is 11.4 Å². The van der Waals surface area contributed by atoms with Gasteiger partial charge in [-0.3, -0.25) is 4.79 Å². The van der Waals surface area contributed by atoms with Crippen LogP contribution in [0.2, 0.25) is 0 Å². The minimum Gasteiger partial charge on any atom is -0.512 e. The highest BCUT2D eigenvalue weighted by Gasteiger charge is 2.43. The van der Waals surface area contributed by atoms with Gasteiger partial charge in [-0.1, -0.05) is 37.3 Å². The second-order valence-electron chi connectivity index (χ2n) is 8.19. The van der Waals surface area contributed by atoms with Crippen molar-refractivity contribution in [3.63, 3.8) is 0 Å². The van der Waals surface area contributed by atoms with Gasteiger partial charge in [-0.15, -0.1) is 0 Å². The molecule has 3 atom stereocenters. The zero-order valence-corrected chi connectivity index (χ0v) is 17.2. The molecule has 0 aliphatic heterocycles. The summed E-state index contributed by atoms with van der Waals surface area (Å²) in [4.78, 5) is 24.8. The molecule has 154 valence electrons. The maximum absolute atomic E-state index is 12.8. The summed E-state index contributed by atoms with van der Waals surface area (Å²) < 4.78 is 16.4. The standard InChI is InChI=1S/C22H30O6/c1-14-11-17(23)19(21(25)28-22(2,3)4)16(12-18(24)26-5)20(14)27-13-15-9-7-6-8-10-15/h6-10,14,16,20,23H,11-13H2,1-5H3/t14-,16-,20-/m0/s1. The Morgan fingerprint density at radius 3 is 2.39 bits per heavy atom. The molecule has 6 heteroatoms. The molecule has 28 heavy (non-hydrogen) atoms. The van der Waals surface area contributed by atoms with Gasteiger partial charge in [-0.2, -0.15) is 0 Å². The van der Waals surface area contributed by atoms with Gasteiger partial charge < -0.3 is 19.3 Å². The molecule has 0 aromatic heterocycles. The van der Waals surface area contributed by atoms with Crippen LogP contribution in [-0.4, -0.2) is 35.9 Å². The van der Waals surface area contributed by atoms with E-state index >= 15 is 0 Å². The molecule has 0 heterocycles. The number of allylic oxidation sites excluding steroid dienone is 1. The number of rotatable bonds is 6. The predicted molar refractivity (Wildman–Crippen MR) is 104 cm³/mol. The summed E-state index contributed by atoms with van der Waals surface area (Å²) in [5, 5.41) is 10.5. The molecule has 1 aromatic rings. The van der Waals surface area contributed by atoms with Gasteiger partial charge in [0.25, 0.3) is 0 Å². The number of carbonyl (C=O) groups excluding carboxylic acids is 2. The molecule has 0 amide bonds. The highest BCUT2D eigenvalue weighted by Crippen LogP contribution is 2.39. The third-order valence-electron chi connectivity index (χ3n) is 4.67. The first-order valence-electron chi connectivity index (χ1n) is 9.50. The maximum atomic E-state index is 12.8. The number of ether oxygens (including phenoxy) is 3. The molecule has 0 radical (unpaired) electrons. The van der Waals surface area contributed by atoms with Crippen molar-refractivity contribution in [2.75, 3.05) is 7.11 Å². The quantitative estimate of drug-likeness (QED) is 0.741. The third kappa shape index (κ3) is 5.83. The topological polar surface area (TPSA) is 82.1 Å². The molecular weight excluding hydrogens is 360 g/mol. The molecule has 0 saturated heterocycles. The molecule has 1 aliphatic carbocycles. The monoisotopic (exact) mass is 390 g/mol. The van der Waals surface area contributed by atoms with Crippen LogP contribution in [-0.2, 0) is 30.4 Å². The predicted octanol–water partition coefficient (Wildman–Crippen LogP) is 3.94. The van der Waals surface area contributed by atoms with Gasteiger partial charge in [0, 0.05) is 12.3 Å². The lowest BCUT2D eigenvalue weighted by molar-refractivity contribution is -0.153. The average Bonchev–Trinajstić information content (AvgIpc) is 2.60. The Kier molecular flexibility index (Phi) is 7.24. The van der Waals surface area contributed by atoms with Crippen molar-refractivity contribution in [2.45, 2.75) is 58.8 Å². The van der Waals surface area contributed by atoms with Crippen molar-refractivity contribution in [1.82, 2.24) is 0 Å². The minimum atomic E-state index is -0.719. The first-order valence-corrected chi connectivity index (χ1v) is 9.50. The van der Waals surface area contributed by atoms with E-state index in [4.69, 9.17) is 14.2 Å². The van der Waals surface area contributed by atoms with Gasteiger partial charge >= 0.3 is 11.9 Å². The lowest BCUT2D eigenvalue weighted by atomic mass is 9.76. The normalized spacial score (nSPS) is 22.7. The molecule has 2 rings (SSSR count). The smallest absolute Gasteiger partial charge is 0.338 e. The fourth-order valence-corrected chi connectivity index (χ4v) is 3.44. The summed E-state index contributed by atoms with van der Waals surface area (Å²) in [6.45, 7) is 7.55. The fraction of sp³-hybridized carbons (Fsp3) is 0.545. The van der Waals surface area contributed by atoms with Crippen LogP contribution in [0.3, 0.4) is 0 Å². The lowest BCUT2D eigenvalue weighted by Crippen LogP contribution is -2.41. The SMILES string of the molecule is COC(=O)C[C@H]1C(C(=O)OC(C)(C)C)=C(O)C[C@H](C)[C@@H]1OCc1ccccc1. The maximum Gasteiger partial charge on any atom is 0.338 e. The van der Waals surface area contributed by atoms with Crippen LogP contribution in [0.5, 0.6) is 0 Å². The fourth-order valence-electron chi connectivity index (χ4n) is 3.44. The second kappa shape index (κ2) is 9.24. The molecule has 0 unspecified atom stereocenters. The van der Waals surface area contributed by atoms with E-state index in [0.29, 0.717) is 6.61 Å². The Hall–Kier alpha value is -2.34. The molecule has 0 fully saturated rings. The molecule has 1 aromatic carbocycles. The van der Waals surface area contributed by atoms with Crippen molar-refractivity contribution in [2.24, 2.45) is 11.8 Å². The van der Waals surface area contributed by atoms with E-state index in [9.17, 15) is 14.7 Å². The van der Waals surface area contributed by atoms with E-state index in [1.165, 1.54) is 7.11 Å². The van der Waals surface area contributed by atoms with E-state index in [0.717, 1.165) is 5.56 Å². The Labute approximate surface area is 166 Å². The van der Waals surface area contributed by atoms with Crippen LogP contribution in [0.25, 0.3) is 0 Å². The first-order chi connectivity index (χ1) is 13.1. The number of hydrogen-bond donors (Lipinski definition) is 1. The lowest BCUT2D eigenvalue weighted by Gasteiger charge is -2.37. The first kappa shape index (κ1) is 22.0. The van der Waals surface area contributed by atoms with Gasteiger partial charge in [0.2, 0.25) is 0 Å². The van der Waals surface area contributed by atoms with E-state index < -0.39 is 29.6 Å². The van der Waals surface area contributed by atoms with Crippen molar-refractivity contribution in [3.8, 4) is 0 Å². The largest absolute Gasteiger partial charge is 0.512 e. The number of carbonyl (C=O) groups is 2. The Balaban J connectivity index is 2.31. The molecule has 1 aliphatic rings. The molecule has 0 saturated carbocycles. The van der Waals surface area contributed by atoms with Gasteiger partial charge in [-0.25, -0.2) is 4.79 Å². The van der Waals surface area contributed by atoms with E-state index in [2.05, 4.69) is 0 Å². The van der Waals surface area contributed by atoms with E-state index in [-0.39, 0.29) is 30.1 Å². The average molecular weight is 390 g/mol. The summed E-state index contributed by atoms with van der Waals surface area (Å²) in [6, 6.07) is 9.67. The molecule has 1 N–H and O–H groups in total. The summed E-state index contributed by atoms with van der Waals surface area (Å²) in [6.07, 6.45) is -0.220. The van der Waals surface area contributed by atoms with Crippen LogP contribution in [0.15, 0.2) is 41.7 Å². The second-order valence-corrected chi connectivity index (χ2v) is 8.19. The van der Waals surface area contributed by atoms with Crippen molar-refractivity contribution in [1.29, 1.82) is 0 Å². The highest BCUT2D eigenvalue weighted by atomic mass is 16.6. The zero-order chi connectivity index (χ0) is 20.9. The number of esters is 2. The van der Waals surface area contributed by atoms with Crippen LogP contribution in [0, 0.1) is 11.8 Å². The number of hydrogen-bond acceptors (Lipinski definition) is 6. The molecule has 0 bridgehead atoms. The zero-order valence-electron chi connectivity index (χ0n) is 17.2. The number of methoxy groups -OCH3 is 1. The van der Waals surface area contributed by atoms with Gasteiger partial charge in [0.05, 0.1) is 31.8 Å². The van der Waals surface area contributed by atoms with Crippen LogP contribution < -0.4 is 0 Å². The van der Waals surface area contributed by atoms with Crippen LogP contribution >= 0.6 is 0 Å². The van der Waals surface area contributed by atoms with Crippen LogP contribution in [0.1, 0.15) is 46.1 Å². The molecule has 0 spiro atoms. The van der Waals surface area contributed by atoms with Crippen molar-refractivity contribution in [3.05, 3.63) is 47.2 Å². The van der Waals surface area contributed by atoms with Gasteiger partial charge in [-0.05, 0) is 32.3 Å². The Morgan fingerprint density at radius 1 is 1.18 bits per heavy atom. The molecular formula is C22H30O6. The summed E-state index contributed by atoms with van der Waals surface area (Å²) in [7, 11) is 1.30. The summed E-state index contributed by atoms with van der Waals surface area (Å²) in [5.74, 6) is -1.87. The van der Waals surface area contributed by atoms with E-state index in [1.54, 1.807) is 20.8 Å². The molecule has 6 nitrogen and oxygen atoms in total. The number of aliphatic hydroxyl groups is 1. The van der Waals surface area contributed by atoms with Crippen molar-refractivity contribution < 1.29 is 28.9 Å². The summed E-state index contributed by atoms with van der Waals surface area (Å²) in [5.41, 5.74) is 0.379. The van der Waals surface area contributed by atoms with E-state index in [1.807, 2.05) is 37.3 Å². The summed E-state index contributed by atoms with van der Waals surface area (Å²) >= 11 is 0. The highest BCUT2D eigenvalue weighted by molar-refractivity contribution is 5.91. The number of benzene rings is 1. The minimum absolute atomic E-state index is 0.0461. The van der Waals surface area contributed by atoms with Crippen molar-refractivity contribution >= 4 is 11.9 Å². The Bertz CT molecular complexity index is 716. The third-order valence-corrected chi connectivity index (χ3v) is 4.67. The Morgan fingerprint density at radius 2 is 1.82 bits per heavy atom. The van der Waals surface area contributed by atoms with Crippen LogP contribution in [0.4, 0.5) is 0 Å². The van der Waals surface area contributed by atoms with Gasteiger partial charge in [0.15, 0.2) is 0 Å². The number of aliphatic hydroxyl groups excluding tert-OH is 1.